The van der Waals surface area contributed by atoms with Crippen LogP contribution in [0.1, 0.15) is 114 Å². The number of rotatable bonds is 17. The van der Waals surface area contributed by atoms with Gasteiger partial charge in [-0.1, -0.05) is 107 Å². The van der Waals surface area contributed by atoms with E-state index in [9.17, 15) is 4.79 Å². The number of allylic oxidation sites excluding steroid dienone is 2. The number of carbonyl (C=O) groups excluding carboxylic acids is 1. The minimum Gasteiger partial charge on any atom is -0.273 e. The standard InChI is InChI=1S/C26H41N3O/c1-2-3-4-5-6-7-8-9-10-11-12-13-14-15-16-17-18-23-26(30)29-25-22-20-19-21-24(25)27-28-29/h15-16,19-22H,2-14,17-18,23H2,1H3/b16-15+. The SMILES string of the molecule is CCCCCCCCCCCCCC/C=C/CCCC(=O)n1nnc2ccccc21. The molecule has 0 spiro atoms. The van der Waals surface area contributed by atoms with E-state index in [1.807, 2.05) is 24.3 Å². The fourth-order valence-electron chi connectivity index (χ4n) is 3.87. The van der Waals surface area contributed by atoms with Crippen molar-refractivity contribution in [2.24, 2.45) is 0 Å². The van der Waals surface area contributed by atoms with Crippen LogP contribution in [0.25, 0.3) is 11.0 Å². The maximum atomic E-state index is 12.3. The highest BCUT2D eigenvalue weighted by molar-refractivity contribution is 5.88. The molecule has 0 atom stereocenters. The van der Waals surface area contributed by atoms with Crippen LogP contribution in [0.4, 0.5) is 0 Å². The molecule has 0 aliphatic rings. The summed E-state index contributed by atoms with van der Waals surface area (Å²) in [4.78, 5) is 12.3. The van der Waals surface area contributed by atoms with Crippen molar-refractivity contribution in [2.45, 2.75) is 110 Å². The van der Waals surface area contributed by atoms with E-state index in [2.05, 4.69) is 29.4 Å². The van der Waals surface area contributed by atoms with Crippen LogP contribution >= 0.6 is 0 Å². The number of nitrogens with zero attached hydrogens (tertiary/aromatic N) is 3. The number of fused-ring (bicyclic) bond motifs is 1. The summed E-state index contributed by atoms with van der Waals surface area (Å²) >= 11 is 0. The smallest absolute Gasteiger partial charge is 0.248 e. The van der Waals surface area contributed by atoms with Crippen molar-refractivity contribution >= 4 is 16.9 Å². The topological polar surface area (TPSA) is 47.8 Å². The molecule has 0 radical (unpaired) electrons. The third-order valence-electron chi connectivity index (χ3n) is 5.74. The predicted octanol–water partition coefficient (Wildman–Crippen LogP) is 7.89. The van der Waals surface area contributed by atoms with Crippen LogP contribution in [0.15, 0.2) is 36.4 Å². The van der Waals surface area contributed by atoms with Gasteiger partial charge in [0.15, 0.2) is 0 Å². The Bertz CT molecular complexity index is 735. The summed E-state index contributed by atoms with van der Waals surface area (Å²) in [6, 6.07) is 7.59. The molecule has 0 saturated carbocycles. The zero-order valence-electron chi connectivity index (χ0n) is 19.0. The van der Waals surface area contributed by atoms with Crippen LogP contribution in [0, 0.1) is 0 Å². The average Bonchev–Trinajstić information content (AvgIpc) is 3.20. The van der Waals surface area contributed by atoms with Crippen molar-refractivity contribution in [1.29, 1.82) is 0 Å². The Kier molecular flexibility index (Phi) is 12.8. The summed E-state index contributed by atoms with van der Waals surface area (Å²) in [5, 5.41) is 8.03. The highest BCUT2D eigenvalue weighted by atomic mass is 16.2. The Balaban J connectivity index is 1.39. The van der Waals surface area contributed by atoms with Gasteiger partial charge in [0.1, 0.15) is 5.52 Å². The van der Waals surface area contributed by atoms with E-state index >= 15 is 0 Å². The Morgan fingerprint density at radius 1 is 0.800 bits per heavy atom. The molecule has 4 heteroatoms. The number of hydrogen-bond acceptors (Lipinski definition) is 3. The Morgan fingerprint density at radius 2 is 1.37 bits per heavy atom. The Morgan fingerprint density at radius 3 is 2.03 bits per heavy atom. The minimum absolute atomic E-state index is 0.0260. The van der Waals surface area contributed by atoms with Crippen molar-refractivity contribution in [2.75, 3.05) is 0 Å². The van der Waals surface area contributed by atoms with Crippen LogP contribution in [0.3, 0.4) is 0 Å². The van der Waals surface area contributed by atoms with Crippen LogP contribution in [0.5, 0.6) is 0 Å². The molecule has 0 unspecified atom stereocenters. The Hall–Kier alpha value is -1.97. The lowest BCUT2D eigenvalue weighted by molar-refractivity contribution is 0.0887. The molecule has 166 valence electrons. The summed E-state index contributed by atoms with van der Waals surface area (Å²) in [6.07, 6.45) is 24.7. The monoisotopic (exact) mass is 411 g/mol. The first-order valence-corrected chi connectivity index (χ1v) is 12.3. The zero-order chi connectivity index (χ0) is 21.3. The number of para-hydroxylation sites is 1. The highest BCUT2D eigenvalue weighted by Crippen LogP contribution is 2.13. The van der Waals surface area contributed by atoms with Gasteiger partial charge >= 0.3 is 0 Å². The van der Waals surface area contributed by atoms with Crippen molar-refractivity contribution in [1.82, 2.24) is 15.0 Å². The molecular formula is C26H41N3O. The van der Waals surface area contributed by atoms with Crippen LogP contribution < -0.4 is 0 Å². The molecule has 4 nitrogen and oxygen atoms in total. The average molecular weight is 412 g/mol. The predicted molar refractivity (Wildman–Crippen MR) is 127 cm³/mol. The van der Waals surface area contributed by atoms with E-state index in [0.717, 1.165) is 23.9 Å². The second-order valence-electron chi connectivity index (χ2n) is 8.43. The second-order valence-corrected chi connectivity index (χ2v) is 8.43. The normalized spacial score (nSPS) is 11.6. The highest BCUT2D eigenvalue weighted by Gasteiger charge is 2.10. The molecule has 1 aromatic carbocycles. The molecule has 1 aromatic heterocycles. The van der Waals surface area contributed by atoms with E-state index in [0.29, 0.717) is 6.42 Å². The molecule has 0 aliphatic carbocycles. The molecule has 2 aromatic rings. The van der Waals surface area contributed by atoms with Gasteiger partial charge in [-0.2, -0.15) is 4.68 Å². The maximum Gasteiger partial charge on any atom is 0.248 e. The van der Waals surface area contributed by atoms with Crippen molar-refractivity contribution < 1.29 is 4.79 Å². The van der Waals surface area contributed by atoms with Gasteiger partial charge in [0.2, 0.25) is 5.91 Å². The first-order chi connectivity index (χ1) is 14.8. The van der Waals surface area contributed by atoms with Gasteiger partial charge in [-0.15, -0.1) is 5.10 Å². The summed E-state index contributed by atoms with van der Waals surface area (Å²) in [6.45, 7) is 2.28. The van der Waals surface area contributed by atoms with Gasteiger partial charge < -0.3 is 0 Å². The van der Waals surface area contributed by atoms with Crippen molar-refractivity contribution in [3.8, 4) is 0 Å². The van der Waals surface area contributed by atoms with E-state index in [4.69, 9.17) is 0 Å². The zero-order valence-corrected chi connectivity index (χ0v) is 19.0. The third kappa shape index (κ3) is 9.69. The molecule has 0 amide bonds. The van der Waals surface area contributed by atoms with Gasteiger partial charge in [0.25, 0.3) is 0 Å². The van der Waals surface area contributed by atoms with E-state index in [-0.39, 0.29) is 5.91 Å². The molecule has 1 heterocycles. The van der Waals surface area contributed by atoms with Crippen molar-refractivity contribution in [3.63, 3.8) is 0 Å². The lowest BCUT2D eigenvalue weighted by Crippen LogP contribution is -2.11. The van der Waals surface area contributed by atoms with Gasteiger partial charge in [0.05, 0.1) is 5.52 Å². The molecule has 0 bridgehead atoms. The lowest BCUT2D eigenvalue weighted by Gasteiger charge is -2.02. The van der Waals surface area contributed by atoms with E-state index in [1.54, 1.807) is 0 Å². The van der Waals surface area contributed by atoms with Gasteiger partial charge in [0, 0.05) is 6.42 Å². The molecular weight excluding hydrogens is 370 g/mol. The quantitative estimate of drug-likeness (QED) is 0.196. The van der Waals surface area contributed by atoms with Crippen LogP contribution in [0.2, 0.25) is 0 Å². The van der Waals surface area contributed by atoms with Gasteiger partial charge in [-0.25, -0.2) is 0 Å². The van der Waals surface area contributed by atoms with Gasteiger partial charge in [-0.05, 0) is 37.8 Å². The Labute approximate surface area is 183 Å². The van der Waals surface area contributed by atoms with Crippen LogP contribution in [-0.4, -0.2) is 20.9 Å². The molecule has 0 N–H and O–H groups in total. The van der Waals surface area contributed by atoms with Crippen LogP contribution in [-0.2, 0) is 0 Å². The first-order valence-electron chi connectivity index (χ1n) is 12.3. The lowest BCUT2D eigenvalue weighted by atomic mass is 10.0. The first kappa shape index (κ1) is 24.3. The largest absolute Gasteiger partial charge is 0.273 e. The number of carbonyl (C=O) groups is 1. The second kappa shape index (κ2) is 15.8. The summed E-state index contributed by atoms with van der Waals surface area (Å²) < 4.78 is 1.44. The number of hydrogen-bond donors (Lipinski definition) is 0. The van der Waals surface area contributed by atoms with E-state index < -0.39 is 0 Å². The van der Waals surface area contributed by atoms with Gasteiger partial charge in [-0.3, -0.25) is 4.79 Å². The minimum atomic E-state index is 0.0260. The summed E-state index contributed by atoms with van der Waals surface area (Å²) in [5.41, 5.74) is 1.57. The third-order valence-corrected chi connectivity index (χ3v) is 5.74. The summed E-state index contributed by atoms with van der Waals surface area (Å²) in [7, 11) is 0. The maximum absolute atomic E-state index is 12.3. The fraction of sp³-hybridized carbons (Fsp3) is 0.654. The number of unbranched alkanes of at least 4 members (excludes halogenated alkanes) is 13. The molecule has 0 fully saturated rings. The number of aromatic nitrogens is 3. The number of benzene rings is 1. The molecule has 30 heavy (non-hydrogen) atoms. The van der Waals surface area contributed by atoms with Crippen molar-refractivity contribution in [3.05, 3.63) is 36.4 Å². The molecule has 0 aliphatic heterocycles. The summed E-state index contributed by atoms with van der Waals surface area (Å²) in [5.74, 6) is 0.0260. The molecule has 0 saturated heterocycles. The fourth-order valence-corrected chi connectivity index (χ4v) is 3.87. The van der Waals surface area contributed by atoms with E-state index in [1.165, 1.54) is 88.2 Å². The molecule has 2 rings (SSSR count).